The Balaban J connectivity index is 1.26. The van der Waals surface area contributed by atoms with Crippen LogP contribution in [0.25, 0.3) is 5.82 Å². The Morgan fingerprint density at radius 1 is 1.21 bits per heavy atom. The third-order valence-electron chi connectivity index (χ3n) is 5.22. The highest BCUT2D eigenvalue weighted by atomic mass is 16.5. The molecule has 5 rings (SSSR count). The van der Waals surface area contributed by atoms with E-state index in [-0.39, 0.29) is 12.0 Å². The first-order valence-corrected chi connectivity index (χ1v) is 9.87. The number of amides is 1. The molecule has 3 aromatic rings. The maximum Gasteiger partial charge on any atom is 0.258 e. The summed E-state index contributed by atoms with van der Waals surface area (Å²) in [7, 11) is 0. The molecule has 1 aliphatic heterocycles. The maximum atomic E-state index is 12.6. The number of benzene rings is 1. The second-order valence-electron chi connectivity index (χ2n) is 7.39. The Morgan fingerprint density at radius 3 is 2.83 bits per heavy atom. The van der Waals surface area contributed by atoms with Crippen molar-refractivity contribution in [3.05, 3.63) is 65.9 Å². The van der Waals surface area contributed by atoms with Gasteiger partial charge in [-0.25, -0.2) is 14.6 Å². The van der Waals surface area contributed by atoms with E-state index in [4.69, 9.17) is 4.74 Å². The van der Waals surface area contributed by atoms with Gasteiger partial charge < -0.3 is 15.4 Å². The zero-order valence-corrected chi connectivity index (χ0v) is 15.9. The lowest BCUT2D eigenvalue weighted by Crippen LogP contribution is -2.33. The Labute approximate surface area is 168 Å². The lowest BCUT2D eigenvalue weighted by molar-refractivity contribution is 0.0277. The van der Waals surface area contributed by atoms with Crippen molar-refractivity contribution in [3.63, 3.8) is 0 Å². The van der Waals surface area contributed by atoms with E-state index in [0.717, 1.165) is 30.0 Å². The molecule has 1 aromatic carbocycles. The average molecular weight is 390 g/mol. The Bertz CT molecular complexity index is 1010. The molecule has 0 unspecified atom stereocenters. The van der Waals surface area contributed by atoms with E-state index in [9.17, 15) is 4.79 Å². The van der Waals surface area contributed by atoms with E-state index in [1.165, 1.54) is 12.8 Å². The predicted molar refractivity (Wildman–Crippen MR) is 107 cm³/mol. The summed E-state index contributed by atoms with van der Waals surface area (Å²) in [5.74, 6) is 0.996. The topological polar surface area (TPSA) is 94.0 Å². The molecule has 0 radical (unpaired) electrons. The molecular formula is C21H22N6O2. The lowest BCUT2D eigenvalue weighted by Gasteiger charge is -2.24. The van der Waals surface area contributed by atoms with Crippen LogP contribution < -0.4 is 10.6 Å². The number of ether oxygens (including phenoxy) is 1. The van der Waals surface area contributed by atoms with Gasteiger partial charge in [0, 0.05) is 42.7 Å². The molecule has 2 aromatic heterocycles. The highest BCUT2D eigenvalue weighted by molar-refractivity contribution is 6.03. The smallest absolute Gasteiger partial charge is 0.258 e. The van der Waals surface area contributed by atoms with Gasteiger partial charge in [-0.15, -0.1) is 0 Å². The molecule has 1 saturated carbocycles. The summed E-state index contributed by atoms with van der Waals surface area (Å²) in [5, 5.41) is 10.5. The molecule has 29 heavy (non-hydrogen) atoms. The number of rotatable bonds is 5. The van der Waals surface area contributed by atoms with E-state index in [1.807, 2.05) is 30.3 Å². The molecule has 2 N–H and O–H groups in total. The first kappa shape index (κ1) is 18.0. The van der Waals surface area contributed by atoms with Gasteiger partial charge in [0.15, 0.2) is 5.82 Å². The molecule has 2 aliphatic rings. The van der Waals surface area contributed by atoms with Crippen LogP contribution in [0.4, 0.5) is 5.69 Å². The lowest BCUT2D eigenvalue weighted by atomic mass is 10.1. The minimum atomic E-state index is -0.212. The highest BCUT2D eigenvalue weighted by Crippen LogP contribution is 2.39. The average Bonchev–Trinajstić information content (AvgIpc) is 3.51. The van der Waals surface area contributed by atoms with E-state index in [1.54, 1.807) is 23.4 Å². The molecule has 148 valence electrons. The molecule has 8 heteroatoms. The molecule has 1 aliphatic carbocycles. The number of carbonyl (C=O) groups is 1. The molecule has 8 nitrogen and oxygen atoms in total. The minimum Gasteiger partial charge on any atom is -0.371 e. The van der Waals surface area contributed by atoms with Gasteiger partial charge in [-0.3, -0.25) is 4.79 Å². The summed E-state index contributed by atoms with van der Waals surface area (Å²) in [5.41, 5.74) is 3.33. The molecule has 3 heterocycles. The standard InChI is InChI=1S/C21H22N6O2/c28-21(26-17-5-3-15(4-6-17)19-11-22-7-8-29-19)16-10-25-27(12-16)20-9-18(14-1-2-14)23-13-24-20/h3-6,9-10,12-14,19,22H,1-2,7-8,11H2,(H,26,28)/t19-/m1/s1. The fourth-order valence-electron chi connectivity index (χ4n) is 3.42. The van der Waals surface area contributed by atoms with Crippen LogP contribution in [0.5, 0.6) is 0 Å². The molecule has 1 atom stereocenters. The van der Waals surface area contributed by atoms with Gasteiger partial charge in [-0.05, 0) is 30.5 Å². The molecular weight excluding hydrogens is 368 g/mol. The van der Waals surface area contributed by atoms with Crippen LogP contribution in [0, 0.1) is 0 Å². The number of morpholine rings is 1. The Morgan fingerprint density at radius 2 is 2.07 bits per heavy atom. The SMILES string of the molecule is O=C(Nc1ccc([C@H]2CNCCO2)cc1)c1cnn(-c2cc(C3CC3)ncn2)c1. The maximum absolute atomic E-state index is 12.6. The minimum absolute atomic E-state index is 0.0557. The number of hydrogen-bond donors (Lipinski definition) is 2. The van der Waals surface area contributed by atoms with Gasteiger partial charge in [0.1, 0.15) is 6.33 Å². The van der Waals surface area contributed by atoms with Gasteiger partial charge in [-0.1, -0.05) is 12.1 Å². The van der Waals surface area contributed by atoms with Gasteiger partial charge in [0.25, 0.3) is 5.91 Å². The molecule has 2 fully saturated rings. The monoisotopic (exact) mass is 390 g/mol. The summed E-state index contributed by atoms with van der Waals surface area (Å²) in [6.45, 7) is 2.40. The second-order valence-corrected chi connectivity index (χ2v) is 7.39. The first-order valence-electron chi connectivity index (χ1n) is 9.87. The van der Waals surface area contributed by atoms with Gasteiger partial charge in [0.05, 0.1) is 24.5 Å². The fourth-order valence-corrected chi connectivity index (χ4v) is 3.42. The zero-order valence-electron chi connectivity index (χ0n) is 15.9. The zero-order chi connectivity index (χ0) is 19.6. The van der Waals surface area contributed by atoms with Crippen molar-refractivity contribution in [2.45, 2.75) is 24.9 Å². The van der Waals surface area contributed by atoms with Gasteiger partial charge in [0.2, 0.25) is 0 Å². The quantitative estimate of drug-likeness (QED) is 0.695. The van der Waals surface area contributed by atoms with Crippen molar-refractivity contribution in [3.8, 4) is 5.82 Å². The van der Waals surface area contributed by atoms with Crippen LogP contribution >= 0.6 is 0 Å². The van der Waals surface area contributed by atoms with Crippen LogP contribution in [-0.2, 0) is 4.74 Å². The number of anilines is 1. The largest absolute Gasteiger partial charge is 0.371 e. The third kappa shape index (κ3) is 4.03. The van der Waals surface area contributed by atoms with Crippen LogP contribution in [0.3, 0.4) is 0 Å². The summed E-state index contributed by atoms with van der Waals surface area (Å²) >= 11 is 0. The van der Waals surface area contributed by atoms with E-state index < -0.39 is 0 Å². The van der Waals surface area contributed by atoms with E-state index in [0.29, 0.717) is 23.9 Å². The second kappa shape index (κ2) is 7.73. The van der Waals surface area contributed by atoms with Crippen molar-refractivity contribution in [2.75, 3.05) is 25.0 Å². The third-order valence-corrected chi connectivity index (χ3v) is 5.22. The van der Waals surface area contributed by atoms with Crippen molar-refractivity contribution >= 4 is 11.6 Å². The van der Waals surface area contributed by atoms with Crippen LogP contribution in [0.15, 0.2) is 49.1 Å². The molecule has 1 saturated heterocycles. The van der Waals surface area contributed by atoms with Crippen molar-refractivity contribution < 1.29 is 9.53 Å². The number of hydrogen-bond acceptors (Lipinski definition) is 6. The summed E-state index contributed by atoms with van der Waals surface area (Å²) in [4.78, 5) is 21.2. The molecule has 0 spiro atoms. The van der Waals surface area contributed by atoms with Crippen LogP contribution in [0.2, 0.25) is 0 Å². The van der Waals surface area contributed by atoms with E-state index >= 15 is 0 Å². The molecule has 1 amide bonds. The highest BCUT2D eigenvalue weighted by Gasteiger charge is 2.25. The fraction of sp³-hybridized carbons (Fsp3) is 0.333. The van der Waals surface area contributed by atoms with Crippen molar-refractivity contribution in [1.29, 1.82) is 0 Å². The summed E-state index contributed by atoms with van der Waals surface area (Å²) in [6, 6.07) is 9.69. The summed E-state index contributed by atoms with van der Waals surface area (Å²) in [6.07, 6.45) is 7.18. The predicted octanol–water partition coefficient (Wildman–Crippen LogP) is 2.45. The van der Waals surface area contributed by atoms with Gasteiger partial charge >= 0.3 is 0 Å². The summed E-state index contributed by atoms with van der Waals surface area (Å²) < 4.78 is 7.36. The van der Waals surface area contributed by atoms with Crippen molar-refractivity contribution in [1.82, 2.24) is 25.1 Å². The molecule has 0 bridgehead atoms. The normalized spacial score (nSPS) is 19.1. The first-order chi connectivity index (χ1) is 14.3. The van der Waals surface area contributed by atoms with Crippen LogP contribution in [-0.4, -0.2) is 45.4 Å². The van der Waals surface area contributed by atoms with Crippen LogP contribution in [0.1, 0.15) is 46.5 Å². The van der Waals surface area contributed by atoms with Gasteiger partial charge in [-0.2, -0.15) is 5.10 Å². The van der Waals surface area contributed by atoms with E-state index in [2.05, 4.69) is 25.7 Å². The number of carbonyl (C=O) groups excluding carboxylic acids is 1. The Hall–Kier alpha value is -3.10. The number of aromatic nitrogens is 4. The number of nitrogens with zero attached hydrogens (tertiary/aromatic N) is 4. The van der Waals surface area contributed by atoms with Crippen molar-refractivity contribution in [2.24, 2.45) is 0 Å². The Kier molecular flexibility index (Phi) is 4.79. The number of nitrogens with one attached hydrogen (secondary N) is 2.